The van der Waals surface area contributed by atoms with Crippen molar-refractivity contribution in [2.24, 2.45) is 0 Å². The van der Waals surface area contributed by atoms with E-state index >= 15 is 0 Å². The van der Waals surface area contributed by atoms with E-state index in [-0.39, 0.29) is 0 Å². The summed E-state index contributed by atoms with van der Waals surface area (Å²) in [7, 11) is -7.61. The van der Waals surface area contributed by atoms with Crippen molar-refractivity contribution in [2.75, 3.05) is 0 Å². The zero-order valence-electron chi connectivity index (χ0n) is 34.5. The Balaban J connectivity index is 1.89. The van der Waals surface area contributed by atoms with Gasteiger partial charge in [0.15, 0.2) is 0 Å². The molecule has 0 heterocycles. The molecule has 0 aliphatic rings. The van der Waals surface area contributed by atoms with Crippen molar-refractivity contribution in [3.8, 4) is 23.0 Å². The third-order valence-corrected chi connectivity index (χ3v) is 11.3. The standard InChI is InChI=1S/C43H64O4Si4/c1-30-17-19-40(44-48(5,6)7)34(21-30)27-36-23-32(3)25-38(42(36)46-50(11,12)13)29-39-26-33(4)24-37(43(39)47-51(14,15)16)28-35-22-31(2)18-20-41(35)45-49(8,9)10/h17-26H,27-29H2,1-16H3. The van der Waals surface area contributed by atoms with E-state index in [0.29, 0.717) is 0 Å². The van der Waals surface area contributed by atoms with Crippen LogP contribution in [0.1, 0.15) is 55.6 Å². The molecule has 0 saturated carbocycles. The number of aryl methyl sites for hydroxylation is 4. The van der Waals surface area contributed by atoms with Gasteiger partial charge in [-0.25, -0.2) is 0 Å². The molecule has 0 aliphatic carbocycles. The Morgan fingerprint density at radius 1 is 0.333 bits per heavy atom. The Hall–Kier alpha value is -3.05. The van der Waals surface area contributed by atoms with Crippen LogP contribution in [0.3, 0.4) is 0 Å². The lowest BCUT2D eigenvalue weighted by Crippen LogP contribution is -2.31. The van der Waals surface area contributed by atoms with Gasteiger partial charge in [0.25, 0.3) is 0 Å². The molecule has 0 unspecified atom stereocenters. The summed E-state index contributed by atoms with van der Waals surface area (Å²) < 4.78 is 27.4. The lowest BCUT2D eigenvalue weighted by molar-refractivity contribution is 0.533. The van der Waals surface area contributed by atoms with Gasteiger partial charge in [-0.2, -0.15) is 0 Å². The summed E-state index contributed by atoms with van der Waals surface area (Å²) in [5.74, 6) is 4.02. The van der Waals surface area contributed by atoms with E-state index in [1.807, 2.05) is 0 Å². The van der Waals surface area contributed by atoms with Crippen molar-refractivity contribution in [1.82, 2.24) is 0 Å². The fraction of sp³-hybridized carbons (Fsp3) is 0.442. The minimum absolute atomic E-state index is 0.723. The molecule has 0 fully saturated rings. The minimum Gasteiger partial charge on any atom is -0.544 e. The minimum atomic E-state index is -1.99. The van der Waals surface area contributed by atoms with Crippen LogP contribution in [0.2, 0.25) is 78.6 Å². The molecule has 51 heavy (non-hydrogen) atoms. The maximum atomic E-state index is 7.07. The molecule has 0 aliphatic heterocycles. The predicted octanol–water partition coefficient (Wildman–Crippen LogP) is 12.5. The fourth-order valence-electron chi connectivity index (χ4n) is 6.42. The molecular weight excluding hydrogens is 693 g/mol. The van der Waals surface area contributed by atoms with Crippen LogP contribution < -0.4 is 17.7 Å². The van der Waals surface area contributed by atoms with Crippen LogP contribution in [-0.4, -0.2) is 33.3 Å². The molecule has 0 radical (unpaired) electrons. The van der Waals surface area contributed by atoms with Gasteiger partial charge in [-0.3, -0.25) is 0 Å². The van der Waals surface area contributed by atoms with E-state index in [9.17, 15) is 0 Å². The molecule has 4 nitrogen and oxygen atoms in total. The summed E-state index contributed by atoms with van der Waals surface area (Å²) in [6.45, 7) is 35.9. The molecule has 0 N–H and O–H groups in total. The maximum Gasteiger partial charge on any atom is 0.242 e. The average molecular weight is 757 g/mol. The van der Waals surface area contributed by atoms with E-state index in [2.05, 4.69) is 167 Å². The molecule has 8 heteroatoms. The summed E-state index contributed by atoms with van der Waals surface area (Å²) in [4.78, 5) is 0. The molecule has 0 spiro atoms. The van der Waals surface area contributed by atoms with Crippen molar-refractivity contribution in [3.05, 3.63) is 116 Å². The Kier molecular flexibility index (Phi) is 12.4. The van der Waals surface area contributed by atoms with Crippen molar-refractivity contribution >= 4 is 33.3 Å². The van der Waals surface area contributed by atoms with Crippen LogP contribution in [0.15, 0.2) is 60.7 Å². The van der Waals surface area contributed by atoms with Gasteiger partial charge < -0.3 is 17.7 Å². The SMILES string of the molecule is Cc1ccc(O[Si](C)(C)C)c(Cc2cc(C)cc(Cc3cc(C)cc(Cc4cc(C)ccc4O[Si](C)(C)C)c3O[Si](C)(C)C)c2O[Si](C)(C)C)c1. The van der Waals surface area contributed by atoms with E-state index in [1.165, 1.54) is 55.6 Å². The van der Waals surface area contributed by atoms with E-state index < -0.39 is 33.3 Å². The van der Waals surface area contributed by atoms with Crippen LogP contribution in [0, 0.1) is 27.7 Å². The zero-order chi connectivity index (χ0) is 38.1. The summed E-state index contributed by atoms with van der Waals surface area (Å²) in [5, 5.41) is 0. The normalized spacial score (nSPS) is 12.5. The van der Waals surface area contributed by atoms with Crippen molar-refractivity contribution < 1.29 is 17.7 Å². The number of rotatable bonds is 14. The highest BCUT2D eigenvalue weighted by molar-refractivity contribution is 6.71. The number of hydrogen-bond donors (Lipinski definition) is 0. The average Bonchev–Trinajstić information content (AvgIpc) is 2.93. The molecular formula is C43H64O4Si4. The first-order valence-corrected chi connectivity index (χ1v) is 32.2. The van der Waals surface area contributed by atoms with Crippen molar-refractivity contribution in [1.29, 1.82) is 0 Å². The van der Waals surface area contributed by atoms with Crippen LogP contribution in [0.4, 0.5) is 0 Å². The first kappa shape index (κ1) is 40.7. The largest absolute Gasteiger partial charge is 0.544 e. The van der Waals surface area contributed by atoms with Crippen molar-refractivity contribution in [3.63, 3.8) is 0 Å². The second-order valence-corrected chi connectivity index (χ2v) is 36.2. The molecule has 0 bridgehead atoms. The highest BCUT2D eigenvalue weighted by atomic mass is 28.4. The topological polar surface area (TPSA) is 36.9 Å². The second-order valence-electron chi connectivity index (χ2n) is 18.4. The Morgan fingerprint density at radius 2 is 0.588 bits per heavy atom. The van der Waals surface area contributed by atoms with Crippen LogP contribution >= 0.6 is 0 Å². The molecule has 4 aromatic carbocycles. The van der Waals surface area contributed by atoms with Crippen LogP contribution in [-0.2, 0) is 19.3 Å². The van der Waals surface area contributed by atoms with Gasteiger partial charge in [0.2, 0.25) is 33.3 Å². The fourth-order valence-corrected chi connectivity index (χ4v) is 9.89. The third kappa shape index (κ3) is 12.5. The Morgan fingerprint density at radius 3 is 0.863 bits per heavy atom. The lowest BCUT2D eigenvalue weighted by Gasteiger charge is -2.28. The molecule has 0 saturated heterocycles. The smallest absolute Gasteiger partial charge is 0.242 e. The van der Waals surface area contributed by atoms with Gasteiger partial charge in [-0.15, -0.1) is 0 Å². The van der Waals surface area contributed by atoms with E-state index in [0.717, 1.165) is 42.3 Å². The van der Waals surface area contributed by atoms with E-state index in [1.54, 1.807) is 0 Å². The molecule has 4 aromatic rings. The molecule has 0 amide bonds. The summed E-state index contributed by atoms with van der Waals surface area (Å²) in [6.07, 6.45) is 2.22. The second kappa shape index (κ2) is 15.5. The highest BCUT2D eigenvalue weighted by Gasteiger charge is 2.27. The summed E-state index contributed by atoms with van der Waals surface area (Å²) in [5.41, 5.74) is 12.2. The molecule has 0 aromatic heterocycles. The first-order valence-electron chi connectivity index (χ1n) is 18.5. The van der Waals surface area contributed by atoms with Crippen LogP contribution in [0.5, 0.6) is 23.0 Å². The Bertz CT molecular complexity index is 1720. The monoisotopic (exact) mass is 756 g/mol. The van der Waals surface area contributed by atoms with Crippen LogP contribution in [0.25, 0.3) is 0 Å². The Labute approximate surface area is 314 Å². The number of hydrogen-bond acceptors (Lipinski definition) is 4. The van der Waals surface area contributed by atoms with Gasteiger partial charge >= 0.3 is 0 Å². The summed E-state index contributed by atoms with van der Waals surface area (Å²) >= 11 is 0. The molecule has 276 valence electrons. The maximum absolute atomic E-state index is 7.07. The summed E-state index contributed by atoms with van der Waals surface area (Å²) in [6, 6.07) is 22.5. The molecule has 4 rings (SSSR count). The first-order chi connectivity index (χ1) is 23.3. The quantitative estimate of drug-likeness (QED) is 0.120. The van der Waals surface area contributed by atoms with Gasteiger partial charge in [-0.1, -0.05) is 70.8 Å². The van der Waals surface area contributed by atoms with Gasteiger partial charge in [0.05, 0.1) is 0 Å². The lowest BCUT2D eigenvalue weighted by atomic mass is 9.92. The van der Waals surface area contributed by atoms with Gasteiger partial charge in [0, 0.05) is 19.3 Å². The van der Waals surface area contributed by atoms with Gasteiger partial charge in [-0.05, 0) is 152 Å². The highest BCUT2D eigenvalue weighted by Crippen LogP contribution is 2.39. The van der Waals surface area contributed by atoms with Gasteiger partial charge in [0.1, 0.15) is 23.0 Å². The van der Waals surface area contributed by atoms with E-state index in [4.69, 9.17) is 17.7 Å². The number of benzene rings is 4. The molecule has 0 atom stereocenters. The predicted molar refractivity (Wildman–Crippen MR) is 229 cm³/mol. The van der Waals surface area contributed by atoms with Crippen molar-refractivity contribution in [2.45, 2.75) is 126 Å². The third-order valence-electron chi connectivity index (χ3n) is 8.00. The zero-order valence-corrected chi connectivity index (χ0v) is 38.5.